The van der Waals surface area contributed by atoms with Gasteiger partial charge in [0, 0.05) is 28.7 Å². The highest BCUT2D eigenvalue weighted by Crippen LogP contribution is 2.31. The summed E-state index contributed by atoms with van der Waals surface area (Å²) in [5.74, 6) is 0.0643. The first-order chi connectivity index (χ1) is 9.96. The molecule has 4 heteroatoms. The molecule has 0 saturated carbocycles. The average Bonchev–Trinajstić information content (AvgIpc) is 2.86. The number of hydrogen-bond donors (Lipinski definition) is 2. The summed E-state index contributed by atoms with van der Waals surface area (Å²) in [6, 6.07) is 5.71. The fourth-order valence-corrected chi connectivity index (χ4v) is 2.71. The highest BCUT2D eigenvalue weighted by Gasteiger charge is 2.31. The van der Waals surface area contributed by atoms with Gasteiger partial charge in [0.1, 0.15) is 0 Å². The number of fused-ring (bicyclic) bond motifs is 1. The maximum atomic E-state index is 12.5. The van der Waals surface area contributed by atoms with Gasteiger partial charge in [0.15, 0.2) is 0 Å². The van der Waals surface area contributed by atoms with Gasteiger partial charge in [-0.25, -0.2) is 0 Å². The van der Waals surface area contributed by atoms with E-state index in [2.05, 4.69) is 17.2 Å². The Hall–Kier alpha value is -1.48. The number of aromatic nitrogens is 1. The van der Waals surface area contributed by atoms with Gasteiger partial charge in [-0.15, -0.1) is 0 Å². The third-order valence-electron chi connectivity index (χ3n) is 3.95. The lowest BCUT2D eigenvalue weighted by molar-refractivity contribution is -0.125. The van der Waals surface area contributed by atoms with Crippen molar-refractivity contribution in [2.24, 2.45) is 0 Å². The SMILES string of the molecule is CCCCCNC(=O)C(C)(C)c1c[nH]c2cc(Cl)ccc12. The second-order valence-corrected chi connectivity index (χ2v) is 6.42. The Morgan fingerprint density at radius 3 is 2.81 bits per heavy atom. The van der Waals surface area contributed by atoms with E-state index in [0.29, 0.717) is 5.02 Å². The minimum Gasteiger partial charge on any atom is -0.361 e. The molecule has 1 aromatic heterocycles. The number of hydrogen-bond acceptors (Lipinski definition) is 1. The molecule has 3 nitrogen and oxygen atoms in total. The van der Waals surface area contributed by atoms with Gasteiger partial charge in [0.25, 0.3) is 0 Å². The minimum absolute atomic E-state index is 0.0643. The number of H-pyrrole nitrogens is 1. The average molecular weight is 307 g/mol. The molecule has 21 heavy (non-hydrogen) atoms. The molecule has 2 N–H and O–H groups in total. The predicted octanol–water partition coefficient (Wildman–Crippen LogP) is 4.41. The smallest absolute Gasteiger partial charge is 0.230 e. The largest absolute Gasteiger partial charge is 0.361 e. The Morgan fingerprint density at radius 1 is 1.33 bits per heavy atom. The Labute approximate surface area is 131 Å². The van der Waals surface area contributed by atoms with Crippen molar-refractivity contribution in [2.45, 2.75) is 45.4 Å². The van der Waals surface area contributed by atoms with Crippen molar-refractivity contribution in [1.29, 1.82) is 0 Å². The zero-order valence-corrected chi connectivity index (χ0v) is 13.7. The van der Waals surface area contributed by atoms with Crippen LogP contribution in [0.15, 0.2) is 24.4 Å². The van der Waals surface area contributed by atoms with E-state index in [9.17, 15) is 4.79 Å². The van der Waals surface area contributed by atoms with Gasteiger partial charge < -0.3 is 10.3 Å². The maximum Gasteiger partial charge on any atom is 0.230 e. The number of rotatable bonds is 6. The molecule has 2 aromatic rings. The zero-order chi connectivity index (χ0) is 15.5. The zero-order valence-electron chi connectivity index (χ0n) is 12.9. The first kappa shape index (κ1) is 15.9. The summed E-state index contributed by atoms with van der Waals surface area (Å²) in [5.41, 5.74) is 1.39. The summed E-state index contributed by atoms with van der Waals surface area (Å²) in [6.45, 7) is 6.81. The minimum atomic E-state index is -0.571. The molecule has 2 rings (SSSR count). The van der Waals surface area contributed by atoms with E-state index in [1.165, 1.54) is 0 Å². The number of benzene rings is 1. The van der Waals surface area contributed by atoms with Crippen LogP contribution in [0, 0.1) is 0 Å². The third kappa shape index (κ3) is 3.41. The second kappa shape index (κ2) is 6.52. The van der Waals surface area contributed by atoms with E-state index in [1.807, 2.05) is 38.2 Å². The first-order valence-corrected chi connectivity index (χ1v) is 7.90. The fraction of sp³-hybridized carbons (Fsp3) is 0.471. The summed E-state index contributed by atoms with van der Waals surface area (Å²) in [6.07, 6.45) is 5.24. The van der Waals surface area contributed by atoms with E-state index in [4.69, 9.17) is 11.6 Å². The highest BCUT2D eigenvalue weighted by molar-refractivity contribution is 6.31. The van der Waals surface area contributed by atoms with Crippen molar-refractivity contribution in [1.82, 2.24) is 10.3 Å². The number of aromatic amines is 1. The van der Waals surface area contributed by atoms with Gasteiger partial charge >= 0.3 is 0 Å². The molecular formula is C17H23ClN2O. The van der Waals surface area contributed by atoms with Gasteiger partial charge in [-0.05, 0) is 38.0 Å². The molecule has 0 fully saturated rings. The van der Waals surface area contributed by atoms with Crippen LogP contribution in [0.3, 0.4) is 0 Å². The van der Waals surface area contributed by atoms with E-state index < -0.39 is 5.41 Å². The predicted molar refractivity (Wildman–Crippen MR) is 88.9 cm³/mol. The van der Waals surface area contributed by atoms with Crippen LogP contribution in [0.2, 0.25) is 5.02 Å². The van der Waals surface area contributed by atoms with E-state index >= 15 is 0 Å². The van der Waals surface area contributed by atoms with Gasteiger partial charge in [-0.1, -0.05) is 37.4 Å². The van der Waals surface area contributed by atoms with Crippen LogP contribution in [0.25, 0.3) is 10.9 Å². The lowest BCUT2D eigenvalue weighted by Gasteiger charge is -2.23. The van der Waals surface area contributed by atoms with Crippen LogP contribution in [-0.2, 0) is 10.2 Å². The van der Waals surface area contributed by atoms with E-state index in [0.717, 1.165) is 42.3 Å². The van der Waals surface area contributed by atoms with Crippen molar-refractivity contribution in [3.63, 3.8) is 0 Å². The van der Waals surface area contributed by atoms with Gasteiger partial charge in [0.05, 0.1) is 5.41 Å². The number of carbonyl (C=O) groups excluding carboxylic acids is 1. The number of halogens is 1. The summed E-state index contributed by atoms with van der Waals surface area (Å²) >= 11 is 6.00. The standard InChI is InChI=1S/C17H23ClN2O/c1-4-5-6-9-19-16(21)17(2,3)14-11-20-15-10-12(18)7-8-13(14)15/h7-8,10-11,20H,4-6,9H2,1-3H3,(H,19,21). The normalized spacial score (nSPS) is 11.8. The van der Waals surface area contributed by atoms with Crippen LogP contribution in [0.5, 0.6) is 0 Å². The second-order valence-electron chi connectivity index (χ2n) is 5.98. The Kier molecular flexibility index (Phi) is 4.94. The molecule has 114 valence electrons. The molecule has 0 aliphatic heterocycles. The van der Waals surface area contributed by atoms with Crippen LogP contribution >= 0.6 is 11.6 Å². The molecular weight excluding hydrogens is 284 g/mol. The molecule has 0 aliphatic rings. The Bertz CT molecular complexity index is 631. The molecule has 0 atom stereocenters. The molecule has 0 radical (unpaired) electrons. The number of unbranched alkanes of at least 4 members (excludes halogenated alkanes) is 2. The number of carbonyl (C=O) groups is 1. The molecule has 0 unspecified atom stereocenters. The summed E-state index contributed by atoms with van der Waals surface area (Å²) < 4.78 is 0. The monoisotopic (exact) mass is 306 g/mol. The lowest BCUT2D eigenvalue weighted by atomic mass is 9.83. The molecule has 1 heterocycles. The first-order valence-electron chi connectivity index (χ1n) is 7.52. The van der Waals surface area contributed by atoms with Crippen LogP contribution in [0.4, 0.5) is 0 Å². The highest BCUT2D eigenvalue weighted by atomic mass is 35.5. The van der Waals surface area contributed by atoms with Crippen molar-refractivity contribution < 1.29 is 4.79 Å². The van der Waals surface area contributed by atoms with E-state index in [-0.39, 0.29) is 5.91 Å². The maximum absolute atomic E-state index is 12.5. The van der Waals surface area contributed by atoms with Gasteiger partial charge in [0.2, 0.25) is 5.91 Å². The summed E-state index contributed by atoms with van der Waals surface area (Å²) in [4.78, 5) is 15.7. The van der Waals surface area contributed by atoms with Crippen molar-refractivity contribution >= 4 is 28.4 Å². The molecule has 0 aliphatic carbocycles. The van der Waals surface area contributed by atoms with Crippen molar-refractivity contribution in [3.05, 3.63) is 35.0 Å². The Morgan fingerprint density at radius 2 is 2.10 bits per heavy atom. The van der Waals surface area contributed by atoms with Gasteiger partial charge in [-0.2, -0.15) is 0 Å². The number of nitrogens with one attached hydrogen (secondary N) is 2. The summed E-state index contributed by atoms with van der Waals surface area (Å²) in [7, 11) is 0. The van der Waals surface area contributed by atoms with Crippen LogP contribution in [0.1, 0.15) is 45.6 Å². The quantitative estimate of drug-likeness (QED) is 0.763. The molecule has 0 saturated heterocycles. The third-order valence-corrected chi connectivity index (χ3v) is 4.19. The molecule has 1 aromatic carbocycles. The van der Waals surface area contributed by atoms with Crippen molar-refractivity contribution in [2.75, 3.05) is 6.54 Å². The van der Waals surface area contributed by atoms with Crippen LogP contribution in [-0.4, -0.2) is 17.4 Å². The fourth-order valence-electron chi connectivity index (χ4n) is 2.54. The van der Waals surface area contributed by atoms with Crippen LogP contribution < -0.4 is 5.32 Å². The lowest BCUT2D eigenvalue weighted by Crippen LogP contribution is -2.40. The topological polar surface area (TPSA) is 44.9 Å². The number of amides is 1. The summed E-state index contributed by atoms with van der Waals surface area (Å²) in [5, 5.41) is 4.78. The van der Waals surface area contributed by atoms with E-state index in [1.54, 1.807) is 0 Å². The Balaban J connectivity index is 2.18. The van der Waals surface area contributed by atoms with Gasteiger partial charge in [-0.3, -0.25) is 4.79 Å². The molecule has 0 spiro atoms. The molecule has 0 bridgehead atoms. The molecule has 1 amide bonds. The van der Waals surface area contributed by atoms with Crippen molar-refractivity contribution in [3.8, 4) is 0 Å².